The SMILES string of the molecule is NCCCCC(NC(=O)C(CS)NC(=O)C1CCCN1C(=O)C(N)CCCN=C(N)N)C(=O)O. The summed E-state index contributed by atoms with van der Waals surface area (Å²) in [5.41, 5.74) is 22.0. The quantitative estimate of drug-likeness (QED) is 0.0509. The van der Waals surface area contributed by atoms with Crippen molar-refractivity contribution in [1.29, 1.82) is 0 Å². The Balaban J connectivity index is 2.69. The van der Waals surface area contributed by atoms with E-state index in [-0.39, 0.29) is 24.0 Å². The van der Waals surface area contributed by atoms with Crippen LogP contribution in [0.15, 0.2) is 4.99 Å². The lowest BCUT2D eigenvalue weighted by atomic mass is 10.1. The smallest absolute Gasteiger partial charge is 0.326 e. The normalized spacial score (nSPS) is 18.0. The lowest BCUT2D eigenvalue weighted by Gasteiger charge is -2.28. The van der Waals surface area contributed by atoms with Gasteiger partial charge < -0.3 is 43.6 Å². The molecule has 3 amide bonds. The number of hydrogen-bond donors (Lipinski definition) is 8. The number of nitrogens with one attached hydrogen (secondary N) is 2. The highest BCUT2D eigenvalue weighted by molar-refractivity contribution is 7.80. The molecular formula is C20H38N8O5S. The maximum absolute atomic E-state index is 12.9. The first kappa shape index (κ1) is 29.5. The second kappa shape index (κ2) is 15.3. The Morgan fingerprint density at radius 3 is 2.38 bits per heavy atom. The fourth-order valence-corrected chi connectivity index (χ4v) is 3.90. The van der Waals surface area contributed by atoms with Gasteiger partial charge in [0.05, 0.1) is 6.04 Å². The molecule has 11 N–H and O–H groups in total. The van der Waals surface area contributed by atoms with Crippen LogP contribution in [0.2, 0.25) is 0 Å². The van der Waals surface area contributed by atoms with Crippen LogP contribution in [-0.2, 0) is 19.2 Å². The van der Waals surface area contributed by atoms with Gasteiger partial charge in [0.15, 0.2) is 5.96 Å². The second-order valence-electron chi connectivity index (χ2n) is 8.17. The number of thiol groups is 1. The van der Waals surface area contributed by atoms with Crippen LogP contribution < -0.4 is 33.6 Å². The summed E-state index contributed by atoms with van der Waals surface area (Å²) < 4.78 is 0. The number of likely N-dealkylation sites (tertiary alicyclic amines) is 1. The molecule has 0 aliphatic carbocycles. The zero-order valence-electron chi connectivity index (χ0n) is 19.3. The molecule has 0 aromatic rings. The zero-order valence-corrected chi connectivity index (χ0v) is 20.2. The van der Waals surface area contributed by atoms with Crippen LogP contribution in [0.1, 0.15) is 44.9 Å². The summed E-state index contributed by atoms with van der Waals surface area (Å²) in [6, 6.07) is -3.74. The van der Waals surface area contributed by atoms with Crippen LogP contribution in [0.25, 0.3) is 0 Å². The van der Waals surface area contributed by atoms with Crippen molar-refractivity contribution >= 4 is 42.3 Å². The first-order valence-corrected chi connectivity index (χ1v) is 12.0. The highest BCUT2D eigenvalue weighted by atomic mass is 32.1. The number of carboxylic acids is 1. The minimum atomic E-state index is -1.17. The molecule has 14 heteroatoms. The summed E-state index contributed by atoms with van der Waals surface area (Å²) in [7, 11) is 0. The Kier molecular flexibility index (Phi) is 13.3. The Labute approximate surface area is 204 Å². The van der Waals surface area contributed by atoms with Crippen molar-refractivity contribution in [3.8, 4) is 0 Å². The molecule has 1 heterocycles. The molecule has 4 unspecified atom stereocenters. The van der Waals surface area contributed by atoms with Gasteiger partial charge >= 0.3 is 5.97 Å². The predicted molar refractivity (Wildman–Crippen MR) is 131 cm³/mol. The van der Waals surface area contributed by atoms with Gasteiger partial charge in [0.1, 0.15) is 18.1 Å². The molecule has 194 valence electrons. The van der Waals surface area contributed by atoms with Crippen LogP contribution in [0.5, 0.6) is 0 Å². The second-order valence-corrected chi connectivity index (χ2v) is 8.54. The van der Waals surface area contributed by atoms with Gasteiger partial charge in [0.2, 0.25) is 17.7 Å². The van der Waals surface area contributed by atoms with Crippen molar-refractivity contribution in [2.45, 2.75) is 69.1 Å². The van der Waals surface area contributed by atoms with E-state index >= 15 is 0 Å². The van der Waals surface area contributed by atoms with E-state index in [9.17, 15) is 24.3 Å². The number of aliphatic carboxylic acids is 1. The number of nitrogens with two attached hydrogens (primary N) is 4. The number of amides is 3. The zero-order chi connectivity index (χ0) is 25.7. The molecule has 0 radical (unpaired) electrons. The molecule has 0 aromatic carbocycles. The number of carbonyl (C=O) groups excluding carboxylic acids is 3. The van der Waals surface area contributed by atoms with Crippen LogP contribution in [-0.4, -0.2) is 89.2 Å². The Hall–Kier alpha value is -2.58. The molecule has 13 nitrogen and oxygen atoms in total. The summed E-state index contributed by atoms with van der Waals surface area (Å²) in [5, 5.41) is 14.4. The Bertz CT molecular complexity index is 734. The minimum absolute atomic E-state index is 0.0378. The average molecular weight is 503 g/mol. The highest BCUT2D eigenvalue weighted by Crippen LogP contribution is 2.19. The molecule has 0 saturated carbocycles. The van der Waals surface area contributed by atoms with E-state index in [1.807, 2.05) is 0 Å². The molecule has 0 bridgehead atoms. The maximum Gasteiger partial charge on any atom is 0.326 e. The van der Waals surface area contributed by atoms with Crippen LogP contribution in [0.3, 0.4) is 0 Å². The lowest BCUT2D eigenvalue weighted by molar-refractivity contribution is -0.143. The molecule has 1 aliphatic heterocycles. The van der Waals surface area contributed by atoms with Crippen LogP contribution in [0, 0.1) is 0 Å². The van der Waals surface area contributed by atoms with E-state index in [2.05, 4.69) is 28.3 Å². The van der Waals surface area contributed by atoms with Crippen molar-refractivity contribution < 1.29 is 24.3 Å². The number of carbonyl (C=O) groups is 4. The van der Waals surface area contributed by atoms with Gasteiger partial charge in [-0.1, -0.05) is 0 Å². The molecule has 1 aliphatic rings. The topological polar surface area (TPSA) is 232 Å². The maximum atomic E-state index is 12.9. The van der Waals surface area contributed by atoms with Gasteiger partial charge in [-0.05, 0) is 51.5 Å². The first-order valence-electron chi connectivity index (χ1n) is 11.4. The summed E-state index contributed by atoms with van der Waals surface area (Å²) in [6.07, 6.45) is 3.29. The Morgan fingerprint density at radius 1 is 1.09 bits per heavy atom. The van der Waals surface area contributed by atoms with E-state index < -0.39 is 42.0 Å². The standard InChI is InChI=1S/C20H38N8O5S/c21-8-2-1-6-13(19(32)33)26-16(29)14(11-34)27-17(30)15-7-4-10-28(15)18(31)12(22)5-3-9-25-20(23)24/h12-15,34H,1-11,21-22H2,(H,26,29)(H,27,30)(H,32,33)(H4,23,24,25). The number of nitrogens with zero attached hydrogens (tertiary/aromatic N) is 2. The van der Waals surface area contributed by atoms with Crippen LogP contribution >= 0.6 is 12.6 Å². The largest absolute Gasteiger partial charge is 0.480 e. The summed E-state index contributed by atoms with van der Waals surface area (Å²) >= 11 is 4.12. The molecular weight excluding hydrogens is 464 g/mol. The molecule has 0 aromatic heterocycles. The van der Waals surface area contributed by atoms with E-state index in [1.54, 1.807) is 0 Å². The van der Waals surface area contributed by atoms with Gasteiger partial charge in [0, 0.05) is 18.8 Å². The highest BCUT2D eigenvalue weighted by Gasteiger charge is 2.37. The van der Waals surface area contributed by atoms with E-state index in [1.165, 1.54) is 4.90 Å². The van der Waals surface area contributed by atoms with Crippen LogP contribution in [0.4, 0.5) is 0 Å². The first-order chi connectivity index (χ1) is 16.1. The van der Waals surface area contributed by atoms with Crippen molar-refractivity contribution in [2.75, 3.05) is 25.4 Å². The summed E-state index contributed by atoms with van der Waals surface area (Å²) in [5.74, 6) is -2.78. The predicted octanol–water partition coefficient (Wildman–Crippen LogP) is -2.53. The van der Waals surface area contributed by atoms with Crippen molar-refractivity contribution in [2.24, 2.45) is 27.9 Å². The molecule has 0 spiro atoms. The minimum Gasteiger partial charge on any atom is -0.480 e. The van der Waals surface area contributed by atoms with Crippen molar-refractivity contribution in [3.05, 3.63) is 0 Å². The molecule has 1 saturated heterocycles. The summed E-state index contributed by atoms with van der Waals surface area (Å²) in [6.45, 7) is 1.14. The van der Waals surface area contributed by atoms with Gasteiger partial charge in [-0.25, -0.2) is 4.79 Å². The van der Waals surface area contributed by atoms with Gasteiger partial charge in [-0.2, -0.15) is 12.6 Å². The fourth-order valence-electron chi connectivity index (χ4n) is 3.64. The monoisotopic (exact) mass is 502 g/mol. The third-order valence-corrected chi connectivity index (χ3v) is 5.87. The fraction of sp³-hybridized carbons (Fsp3) is 0.750. The third kappa shape index (κ3) is 9.73. The molecule has 1 rings (SSSR count). The van der Waals surface area contributed by atoms with E-state index in [4.69, 9.17) is 22.9 Å². The van der Waals surface area contributed by atoms with E-state index in [0.29, 0.717) is 58.2 Å². The lowest BCUT2D eigenvalue weighted by Crippen LogP contribution is -2.57. The van der Waals surface area contributed by atoms with Crippen molar-refractivity contribution in [1.82, 2.24) is 15.5 Å². The number of unbranched alkanes of at least 4 members (excludes halogenated alkanes) is 1. The number of rotatable bonds is 15. The van der Waals surface area contributed by atoms with E-state index in [0.717, 1.165) is 0 Å². The number of hydrogen-bond acceptors (Lipinski definition) is 8. The van der Waals surface area contributed by atoms with Gasteiger partial charge in [0.25, 0.3) is 0 Å². The van der Waals surface area contributed by atoms with Gasteiger partial charge in [-0.3, -0.25) is 19.4 Å². The third-order valence-electron chi connectivity index (χ3n) is 5.50. The Morgan fingerprint density at radius 2 is 1.79 bits per heavy atom. The van der Waals surface area contributed by atoms with Crippen molar-refractivity contribution in [3.63, 3.8) is 0 Å². The number of guanidine groups is 1. The molecule has 1 fully saturated rings. The molecule has 4 atom stereocenters. The molecule has 34 heavy (non-hydrogen) atoms. The number of aliphatic imine (C=N–C) groups is 1. The van der Waals surface area contributed by atoms with Gasteiger partial charge in [-0.15, -0.1) is 0 Å². The average Bonchev–Trinajstić information content (AvgIpc) is 3.28. The number of carboxylic acid groups (broad SMARTS) is 1. The summed E-state index contributed by atoms with van der Waals surface area (Å²) in [4.78, 5) is 55.0.